The second-order valence-electron chi connectivity index (χ2n) is 3.17. The van der Waals surface area contributed by atoms with Crippen LogP contribution in [0.25, 0.3) is 0 Å². The summed E-state index contributed by atoms with van der Waals surface area (Å²) in [5.74, 6) is -1.06. The maximum Gasteiger partial charge on any atom is 0.330 e. The highest BCUT2D eigenvalue weighted by atomic mass is 32.2. The summed E-state index contributed by atoms with van der Waals surface area (Å²) in [5.41, 5.74) is 0. The van der Waals surface area contributed by atoms with Crippen LogP contribution in [0.1, 0.15) is 6.92 Å². The highest BCUT2D eigenvalue weighted by Gasteiger charge is 2.50. The summed E-state index contributed by atoms with van der Waals surface area (Å²) in [5, 5.41) is 10.6. The van der Waals surface area contributed by atoms with E-state index in [0.29, 0.717) is 0 Å². The normalized spacial score (nSPS) is 36.8. The molecular weight excluding hydrogens is 190 g/mol. The smallest absolute Gasteiger partial charge is 0.330 e. The number of carbonyl (C=O) groups is 2. The Morgan fingerprint density at radius 1 is 1.69 bits per heavy atom. The number of carboxylic acid groups (broad SMARTS) is 1. The van der Waals surface area contributed by atoms with Crippen molar-refractivity contribution in [2.45, 2.75) is 18.3 Å². The predicted octanol–water partition coefficient (Wildman–Crippen LogP) is 0.504. The van der Waals surface area contributed by atoms with Gasteiger partial charge in [0, 0.05) is 0 Å². The fraction of sp³-hybridized carbons (Fsp3) is 0.500. The van der Waals surface area contributed by atoms with Gasteiger partial charge in [-0.25, -0.2) is 4.79 Å². The largest absolute Gasteiger partial charge is 0.479 e. The van der Waals surface area contributed by atoms with Gasteiger partial charge in [0.25, 0.3) is 0 Å². The Balaban J connectivity index is 2.24. The molecule has 0 aromatic heterocycles. The monoisotopic (exact) mass is 199 g/mol. The number of carbonyl (C=O) groups excluding carboxylic acids is 1. The standard InChI is InChI=1S/C8H9NO3S/c1-4-6(10)9-5(8(11)12)2-3-13-7(4)9/h2-5,7H,1H3,(H,11,12)/t4?,5?,7-/m0/s1. The molecule has 3 atom stereocenters. The molecule has 70 valence electrons. The molecule has 0 radical (unpaired) electrons. The molecule has 2 rings (SSSR count). The first-order valence-corrected chi connectivity index (χ1v) is 4.94. The third-order valence-corrected chi connectivity index (χ3v) is 3.61. The molecule has 2 aliphatic heterocycles. The Kier molecular flexibility index (Phi) is 1.83. The molecule has 0 bridgehead atoms. The molecule has 0 saturated carbocycles. The van der Waals surface area contributed by atoms with E-state index in [1.807, 2.05) is 6.92 Å². The van der Waals surface area contributed by atoms with Crippen molar-refractivity contribution in [1.82, 2.24) is 4.90 Å². The zero-order valence-corrected chi connectivity index (χ0v) is 7.82. The molecule has 1 fully saturated rings. The second kappa shape index (κ2) is 2.77. The van der Waals surface area contributed by atoms with E-state index in [9.17, 15) is 9.59 Å². The Morgan fingerprint density at radius 2 is 2.38 bits per heavy atom. The van der Waals surface area contributed by atoms with E-state index < -0.39 is 12.0 Å². The first-order valence-electron chi connectivity index (χ1n) is 4.00. The summed E-state index contributed by atoms with van der Waals surface area (Å²) in [6.07, 6.45) is 1.55. The summed E-state index contributed by atoms with van der Waals surface area (Å²) in [4.78, 5) is 23.5. The Hall–Kier alpha value is -0.970. The third-order valence-electron chi connectivity index (χ3n) is 2.38. The van der Waals surface area contributed by atoms with Gasteiger partial charge in [-0.05, 0) is 11.5 Å². The quantitative estimate of drug-likeness (QED) is 0.625. The van der Waals surface area contributed by atoms with Gasteiger partial charge in [-0.15, -0.1) is 11.8 Å². The lowest BCUT2D eigenvalue weighted by atomic mass is 9.97. The maximum absolute atomic E-state index is 11.3. The molecule has 13 heavy (non-hydrogen) atoms. The SMILES string of the molecule is CC1C(=O)N2C(C(=O)O)C=CS[C@@H]12. The average molecular weight is 199 g/mol. The van der Waals surface area contributed by atoms with Crippen molar-refractivity contribution in [3.8, 4) is 0 Å². The second-order valence-corrected chi connectivity index (χ2v) is 4.20. The number of hydrogen-bond donors (Lipinski definition) is 1. The lowest BCUT2D eigenvalue weighted by molar-refractivity contribution is -0.160. The van der Waals surface area contributed by atoms with Gasteiger partial charge >= 0.3 is 5.97 Å². The number of nitrogens with zero attached hydrogens (tertiary/aromatic N) is 1. The van der Waals surface area contributed by atoms with Gasteiger partial charge in [-0.3, -0.25) is 4.79 Å². The summed E-state index contributed by atoms with van der Waals surface area (Å²) in [6, 6.07) is -0.755. The number of rotatable bonds is 1. The zero-order chi connectivity index (χ0) is 9.59. The highest BCUT2D eigenvalue weighted by molar-refractivity contribution is 8.02. The van der Waals surface area contributed by atoms with Gasteiger partial charge in [-0.2, -0.15) is 0 Å². The molecule has 1 N–H and O–H groups in total. The zero-order valence-electron chi connectivity index (χ0n) is 7.01. The number of aliphatic carboxylic acids is 1. The van der Waals surface area contributed by atoms with Crippen molar-refractivity contribution in [1.29, 1.82) is 0 Å². The predicted molar refractivity (Wildman–Crippen MR) is 48.0 cm³/mol. The van der Waals surface area contributed by atoms with Crippen molar-refractivity contribution in [3.05, 3.63) is 11.5 Å². The van der Waals surface area contributed by atoms with Crippen LogP contribution in [0.3, 0.4) is 0 Å². The van der Waals surface area contributed by atoms with Crippen LogP contribution in [0.2, 0.25) is 0 Å². The van der Waals surface area contributed by atoms with Crippen LogP contribution in [-0.2, 0) is 9.59 Å². The fourth-order valence-electron chi connectivity index (χ4n) is 1.61. The van der Waals surface area contributed by atoms with E-state index >= 15 is 0 Å². The maximum atomic E-state index is 11.3. The number of thioether (sulfide) groups is 1. The molecule has 0 aliphatic carbocycles. The first kappa shape index (κ1) is 8.62. The minimum atomic E-state index is -0.957. The summed E-state index contributed by atoms with van der Waals surface area (Å²) < 4.78 is 0. The van der Waals surface area contributed by atoms with E-state index in [4.69, 9.17) is 5.11 Å². The lowest BCUT2D eigenvalue weighted by Gasteiger charge is -2.48. The molecule has 0 aromatic carbocycles. The molecule has 0 spiro atoms. The van der Waals surface area contributed by atoms with Gasteiger partial charge in [0.05, 0.1) is 11.3 Å². The van der Waals surface area contributed by atoms with Gasteiger partial charge in [0.1, 0.15) is 6.04 Å². The van der Waals surface area contributed by atoms with Crippen LogP contribution in [0.5, 0.6) is 0 Å². The molecule has 2 unspecified atom stereocenters. The molecule has 5 heteroatoms. The van der Waals surface area contributed by atoms with E-state index in [-0.39, 0.29) is 17.2 Å². The molecular formula is C8H9NO3S. The molecule has 1 amide bonds. The molecule has 2 aliphatic rings. The van der Waals surface area contributed by atoms with Crippen molar-refractivity contribution in [3.63, 3.8) is 0 Å². The van der Waals surface area contributed by atoms with Gasteiger partial charge in [0.15, 0.2) is 0 Å². The van der Waals surface area contributed by atoms with E-state index in [0.717, 1.165) is 0 Å². The van der Waals surface area contributed by atoms with Crippen LogP contribution >= 0.6 is 11.8 Å². The Morgan fingerprint density at radius 3 is 3.00 bits per heavy atom. The van der Waals surface area contributed by atoms with Crippen LogP contribution in [0.15, 0.2) is 11.5 Å². The van der Waals surface area contributed by atoms with Gasteiger partial charge in [-0.1, -0.05) is 6.92 Å². The Bertz CT molecular complexity index is 302. The lowest BCUT2D eigenvalue weighted by Crippen LogP contribution is -2.64. The summed E-state index contributed by atoms with van der Waals surface area (Å²) >= 11 is 1.51. The molecule has 2 heterocycles. The van der Waals surface area contributed by atoms with Gasteiger partial charge in [0.2, 0.25) is 5.91 Å². The number of fused-ring (bicyclic) bond motifs is 1. The average Bonchev–Trinajstić information content (AvgIpc) is 2.15. The summed E-state index contributed by atoms with van der Waals surface area (Å²) in [7, 11) is 0. The highest BCUT2D eigenvalue weighted by Crippen LogP contribution is 2.40. The van der Waals surface area contributed by atoms with Crippen molar-refractivity contribution in [2.75, 3.05) is 0 Å². The van der Waals surface area contributed by atoms with Gasteiger partial charge < -0.3 is 10.0 Å². The van der Waals surface area contributed by atoms with Crippen molar-refractivity contribution < 1.29 is 14.7 Å². The molecule has 0 aromatic rings. The number of carboxylic acids is 1. The summed E-state index contributed by atoms with van der Waals surface area (Å²) in [6.45, 7) is 1.83. The minimum Gasteiger partial charge on any atom is -0.479 e. The van der Waals surface area contributed by atoms with E-state index in [2.05, 4.69) is 0 Å². The minimum absolute atomic E-state index is 0.0265. The van der Waals surface area contributed by atoms with Crippen molar-refractivity contribution in [2.24, 2.45) is 5.92 Å². The number of β-lactam (4-membered cyclic amide) rings is 1. The van der Waals surface area contributed by atoms with Crippen LogP contribution < -0.4 is 0 Å². The Labute approximate surface area is 79.6 Å². The topological polar surface area (TPSA) is 57.6 Å². The molecule has 1 saturated heterocycles. The van der Waals surface area contributed by atoms with Crippen LogP contribution in [0.4, 0.5) is 0 Å². The van der Waals surface area contributed by atoms with Crippen LogP contribution in [-0.4, -0.2) is 33.3 Å². The number of hydrogen-bond acceptors (Lipinski definition) is 3. The van der Waals surface area contributed by atoms with Crippen molar-refractivity contribution >= 4 is 23.6 Å². The fourth-order valence-corrected chi connectivity index (χ4v) is 2.73. The first-order chi connectivity index (χ1) is 6.13. The third kappa shape index (κ3) is 1.07. The molecule has 4 nitrogen and oxygen atoms in total. The van der Waals surface area contributed by atoms with E-state index in [1.165, 1.54) is 16.7 Å². The number of amides is 1. The van der Waals surface area contributed by atoms with Crippen LogP contribution in [0, 0.1) is 5.92 Å². The van der Waals surface area contributed by atoms with E-state index in [1.54, 1.807) is 11.5 Å².